The fraction of sp³-hybridized carbons (Fsp3) is 0.688. The van der Waals surface area contributed by atoms with Crippen LogP contribution in [0.25, 0.3) is 0 Å². The van der Waals surface area contributed by atoms with Gasteiger partial charge in [0.05, 0.1) is 0 Å². The summed E-state index contributed by atoms with van der Waals surface area (Å²) in [5, 5.41) is 0. The molecular formula is C16H25Cl2Zr. The van der Waals surface area contributed by atoms with Crippen molar-refractivity contribution in [1.29, 1.82) is 0 Å². The maximum atomic E-state index is 2.43. The molecule has 1 aliphatic rings. The van der Waals surface area contributed by atoms with Crippen molar-refractivity contribution in [2.45, 2.75) is 53.4 Å². The molecule has 2 rings (SSSR count). The molecule has 1 aromatic rings. The summed E-state index contributed by atoms with van der Waals surface area (Å²) >= 11 is 0. The predicted molar refractivity (Wildman–Crippen MR) is 71.0 cm³/mol. The minimum atomic E-state index is 0. The van der Waals surface area contributed by atoms with E-state index in [2.05, 4.69) is 46.8 Å². The molecule has 3 heteroatoms. The fourth-order valence-electron chi connectivity index (χ4n) is 3.22. The van der Waals surface area contributed by atoms with E-state index in [0.717, 1.165) is 23.7 Å². The van der Waals surface area contributed by atoms with Crippen LogP contribution in [0, 0.1) is 24.7 Å². The van der Waals surface area contributed by atoms with E-state index in [1.54, 1.807) is 11.1 Å². The Balaban J connectivity index is 0. The van der Waals surface area contributed by atoms with E-state index < -0.39 is 0 Å². The van der Waals surface area contributed by atoms with Crippen LogP contribution in [-0.2, 0) is 32.6 Å². The molecule has 2 unspecified atom stereocenters. The SMILES string of the molecule is Cc1cc2c([cH-]1)CC(C(C)C)CC2C(C)C.[Cl-].[Cl-].[Zr+3]. The summed E-state index contributed by atoms with van der Waals surface area (Å²) in [7, 11) is 0. The maximum absolute atomic E-state index is 2.43. The Morgan fingerprint density at radius 2 is 1.68 bits per heavy atom. The van der Waals surface area contributed by atoms with Gasteiger partial charge in [0.15, 0.2) is 0 Å². The summed E-state index contributed by atoms with van der Waals surface area (Å²) in [6.45, 7) is 11.7. The molecule has 0 saturated carbocycles. The summed E-state index contributed by atoms with van der Waals surface area (Å²) in [6.07, 6.45) is 2.70. The van der Waals surface area contributed by atoms with Gasteiger partial charge in [-0.3, -0.25) is 0 Å². The first-order valence-electron chi connectivity index (χ1n) is 6.75. The van der Waals surface area contributed by atoms with Gasteiger partial charge in [0.1, 0.15) is 0 Å². The van der Waals surface area contributed by atoms with Gasteiger partial charge in [-0.25, -0.2) is 6.07 Å². The van der Waals surface area contributed by atoms with E-state index in [1.807, 2.05) is 0 Å². The van der Waals surface area contributed by atoms with Gasteiger partial charge in [0.2, 0.25) is 0 Å². The van der Waals surface area contributed by atoms with Gasteiger partial charge in [-0.1, -0.05) is 52.9 Å². The van der Waals surface area contributed by atoms with Crippen LogP contribution in [0.15, 0.2) is 12.1 Å². The third kappa shape index (κ3) is 4.94. The normalized spacial score (nSPS) is 21.2. The Labute approximate surface area is 150 Å². The zero-order valence-electron chi connectivity index (χ0n) is 12.6. The molecular weight excluding hydrogens is 354 g/mol. The van der Waals surface area contributed by atoms with Crippen molar-refractivity contribution in [2.24, 2.45) is 17.8 Å². The molecule has 0 bridgehead atoms. The molecule has 107 valence electrons. The van der Waals surface area contributed by atoms with E-state index in [9.17, 15) is 0 Å². The van der Waals surface area contributed by atoms with Crippen LogP contribution in [0.2, 0.25) is 0 Å². The number of aryl methyl sites for hydroxylation is 1. The van der Waals surface area contributed by atoms with E-state index in [4.69, 9.17) is 0 Å². The van der Waals surface area contributed by atoms with E-state index in [1.165, 1.54) is 18.4 Å². The Morgan fingerprint density at radius 3 is 2.16 bits per heavy atom. The molecule has 0 aliphatic heterocycles. The fourth-order valence-corrected chi connectivity index (χ4v) is 3.22. The molecule has 0 spiro atoms. The molecule has 0 nitrogen and oxygen atoms in total. The van der Waals surface area contributed by atoms with Crippen LogP contribution in [-0.4, -0.2) is 0 Å². The molecule has 0 heterocycles. The van der Waals surface area contributed by atoms with Crippen molar-refractivity contribution in [3.8, 4) is 0 Å². The first-order valence-corrected chi connectivity index (χ1v) is 6.75. The van der Waals surface area contributed by atoms with E-state index >= 15 is 0 Å². The summed E-state index contributed by atoms with van der Waals surface area (Å²) in [5.41, 5.74) is 4.76. The van der Waals surface area contributed by atoms with Crippen molar-refractivity contribution in [2.75, 3.05) is 0 Å². The van der Waals surface area contributed by atoms with Crippen LogP contribution >= 0.6 is 0 Å². The number of hydrogen-bond acceptors (Lipinski definition) is 0. The monoisotopic (exact) mass is 377 g/mol. The molecule has 0 aromatic heterocycles. The van der Waals surface area contributed by atoms with Crippen LogP contribution in [0.1, 0.15) is 56.7 Å². The van der Waals surface area contributed by atoms with Gasteiger partial charge < -0.3 is 24.8 Å². The molecule has 0 fully saturated rings. The van der Waals surface area contributed by atoms with E-state index in [0.29, 0.717) is 0 Å². The average molecular weight is 380 g/mol. The molecule has 0 saturated heterocycles. The summed E-state index contributed by atoms with van der Waals surface area (Å²) in [6, 6.07) is 4.84. The molecule has 0 amide bonds. The second-order valence-corrected chi connectivity index (χ2v) is 6.31. The van der Waals surface area contributed by atoms with Gasteiger partial charge >= 0.3 is 26.2 Å². The molecule has 1 radical (unpaired) electrons. The van der Waals surface area contributed by atoms with Crippen LogP contribution in [0.3, 0.4) is 0 Å². The topological polar surface area (TPSA) is 0 Å². The van der Waals surface area contributed by atoms with Crippen molar-refractivity contribution < 1.29 is 51.0 Å². The smallest absolute Gasteiger partial charge is 1.00 e. The zero-order valence-corrected chi connectivity index (χ0v) is 16.6. The van der Waals surface area contributed by atoms with Crippen LogP contribution in [0.5, 0.6) is 0 Å². The number of rotatable bonds is 2. The van der Waals surface area contributed by atoms with Gasteiger partial charge in [-0.15, -0.1) is 0 Å². The van der Waals surface area contributed by atoms with Crippen molar-refractivity contribution in [1.82, 2.24) is 0 Å². The minimum absolute atomic E-state index is 0. The molecule has 19 heavy (non-hydrogen) atoms. The first-order chi connectivity index (χ1) is 7.49. The molecule has 0 N–H and O–H groups in total. The zero-order chi connectivity index (χ0) is 11.9. The van der Waals surface area contributed by atoms with Gasteiger partial charge in [-0.05, 0) is 18.3 Å². The largest absolute Gasteiger partial charge is 3.00 e. The average Bonchev–Trinajstić information content (AvgIpc) is 2.55. The second-order valence-electron chi connectivity index (χ2n) is 6.31. The Kier molecular flexibility index (Phi) is 10.4. The summed E-state index contributed by atoms with van der Waals surface area (Å²) < 4.78 is 0. The molecule has 1 aromatic carbocycles. The Morgan fingerprint density at radius 1 is 1.11 bits per heavy atom. The quantitative estimate of drug-likeness (QED) is 0.559. The number of halogens is 2. The third-order valence-corrected chi connectivity index (χ3v) is 4.34. The van der Waals surface area contributed by atoms with Gasteiger partial charge in [0, 0.05) is 0 Å². The Hall–Kier alpha value is 0.813. The van der Waals surface area contributed by atoms with Crippen molar-refractivity contribution in [3.63, 3.8) is 0 Å². The molecule has 1 aliphatic carbocycles. The maximum Gasteiger partial charge on any atom is 3.00 e. The number of fused-ring (bicyclic) bond motifs is 1. The summed E-state index contributed by atoms with van der Waals surface area (Å²) in [4.78, 5) is 0. The minimum Gasteiger partial charge on any atom is -1.00 e. The van der Waals surface area contributed by atoms with Crippen molar-refractivity contribution >= 4 is 0 Å². The Bertz CT molecular complexity index is 369. The first kappa shape index (κ1) is 22.1. The van der Waals surface area contributed by atoms with Crippen LogP contribution < -0.4 is 24.8 Å². The van der Waals surface area contributed by atoms with Crippen molar-refractivity contribution in [3.05, 3.63) is 28.8 Å². The number of hydrogen-bond donors (Lipinski definition) is 0. The van der Waals surface area contributed by atoms with E-state index in [-0.39, 0.29) is 51.0 Å². The predicted octanol–water partition coefficient (Wildman–Crippen LogP) is -1.32. The standard InChI is InChI=1S/C16H25.2ClH.Zr/c1-10(2)13-8-14-6-12(5)7-16(14)15(9-13)11(3)4;;;/h6-7,10-11,13,15H,8-9H2,1-5H3;2*1H;/q-1;;;+3/p-2. The van der Waals surface area contributed by atoms with Crippen LogP contribution in [0.4, 0.5) is 0 Å². The second kappa shape index (κ2) is 8.96. The summed E-state index contributed by atoms with van der Waals surface area (Å²) in [5.74, 6) is 3.29. The molecule has 2 atom stereocenters. The third-order valence-electron chi connectivity index (χ3n) is 4.34. The van der Waals surface area contributed by atoms with Gasteiger partial charge in [0.25, 0.3) is 0 Å². The van der Waals surface area contributed by atoms with Gasteiger partial charge in [-0.2, -0.15) is 22.8 Å².